The van der Waals surface area contributed by atoms with Crippen molar-refractivity contribution in [1.29, 1.82) is 0 Å². The Balaban J connectivity index is 1.11. The monoisotopic (exact) mass is 721 g/mol. The number of hydrogen-bond donors (Lipinski definition) is 2. The lowest BCUT2D eigenvalue weighted by Crippen LogP contribution is -2.47. The molecule has 4 aromatic rings. The zero-order chi connectivity index (χ0) is 37.1. The van der Waals surface area contributed by atoms with Crippen LogP contribution in [-0.4, -0.2) is 62.3 Å². The Morgan fingerprint density at radius 1 is 0.519 bits per heavy atom. The number of halogens is 6. The maximum Gasteiger partial charge on any atom is 0.405 e. The molecule has 0 spiro atoms. The predicted octanol–water partition coefficient (Wildman–Crippen LogP) is 8.55. The zero-order valence-electron chi connectivity index (χ0n) is 28.8. The van der Waals surface area contributed by atoms with E-state index in [9.17, 15) is 35.9 Å². The Bertz CT molecular complexity index is 1690. The van der Waals surface area contributed by atoms with Crippen LogP contribution in [0, 0.1) is 0 Å². The van der Waals surface area contributed by atoms with E-state index in [0.717, 1.165) is 22.3 Å². The Labute approximate surface area is 299 Å². The van der Waals surface area contributed by atoms with Gasteiger partial charge in [-0.1, -0.05) is 110 Å². The Kier molecular flexibility index (Phi) is 10.5. The summed E-state index contributed by atoms with van der Waals surface area (Å²) in [5.41, 5.74) is 3.66. The molecule has 11 heteroatoms. The summed E-state index contributed by atoms with van der Waals surface area (Å²) in [5.74, 6) is -1.34. The number of nitrogens with zero attached hydrogens (tertiary/aromatic N) is 1. The second-order valence-electron chi connectivity index (χ2n) is 13.8. The lowest BCUT2D eigenvalue weighted by molar-refractivity contribution is -0.141. The maximum absolute atomic E-state index is 13.8. The fourth-order valence-corrected chi connectivity index (χ4v) is 8.22. The van der Waals surface area contributed by atoms with E-state index >= 15 is 0 Å². The molecule has 0 atom stereocenters. The molecule has 0 saturated carbocycles. The topological polar surface area (TPSA) is 61.4 Å². The normalized spacial score (nSPS) is 15.1. The fourth-order valence-electron chi connectivity index (χ4n) is 8.22. The number of alkyl halides is 6. The Morgan fingerprint density at radius 2 is 0.808 bits per heavy atom. The van der Waals surface area contributed by atoms with Gasteiger partial charge in [-0.15, -0.1) is 0 Å². The van der Waals surface area contributed by atoms with Crippen molar-refractivity contribution < 1.29 is 35.9 Å². The molecule has 0 fully saturated rings. The largest absolute Gasteiger partial charge is 0.405 e. The van der Waals surface area contributed by atoms with Gasteiger partial charge >= 0.3 is 12.4 Å². The minimum absolute atomic E-state index is 0.326. The van der Waals surface area contributed by atoms with Gasteiger partial charge in [-0.05, 0) is 90.3 Å². The van der Waals surface area contributed by atoms with E-state index in [4.69, 9.17) is 0 Å². The number of hydrogen-bond acceptors (Lipinski definition) is 3. The molecular formula is C41H41F6N3O2. The molecule has 2 aliphatic rings. The first-order valence-corrected chi connectivity index (χ1v) is 17.6. The van der Waals surface area contributed by atoms with Gasteiger partial charge in [-0.3, -0.25) is 9.59 Å². The van der Waals surface area contributed by atoms with Crippen LogP contribution >= 0.6 is 0 Å². The molecule has 0 radical (unpaired) electrons. The van der Waals surface area contributed by atoms with Crippen molar-refractivity contribution in [2.45, 2.75) is 61.7 Å². The highest BCUT2D eigenvalue weighted by Crippen LogP contribution is 2.53. The number of unbranched alkanes of at least 4 members (excludes halogenated alkanes) is 2. The van der Waals surface area contributed by atoms with Crippen molar-refractivity contribution in [3.05, 3.63) is 119 Å². The number of carbonyl (C=O) groups is 2. The molecule has 0 bridgehead atoms. The van der Waals surface area contributed by atoms with E-state index in [1.165, 1.54) is 0 Å². The highest BCUT2D eigenvalue weighted by atomic mass is 19.4. The van der Waals surface area contributed by atoms with E-state index in [0.29, 0.717) is 73.9 Å². The quantitative estimate of drug-likeness (QED) is 0.101. The van der Waals surface area contributed by atoms with Crippen molar-refractivity contribution in [3.8, 4) is 22.3 Å². The van der Waals surface area contributed by atoms with Gasteiger partial charge in [-0.25, -0.2) is 0 Å². The first kappa shape index (κ1) is 37.1. The van der Waals surface area contributed by atoms with Gasteiger partial charge < -0.3 is 15.5 Å². The number of rotatable bonds is 14. The van der Waals surface area contributed by atoms with Gasteiger partial charge in [0.2, 0.25) is 11.8 Å². The Morgan fingerprint density at radius 3 is 1.10 bits per heavy atom. The van der Waals surface area contributed by atoms with E-state index in [2.05, 4.69) is 15.5 Å². The van der Waals surface area contributed by atoms with Crippen molar-refractivity contribution in [3.63, 3.8) is 0 Å². The van der Waals surface area contributed by atoms with Crippen LogP contribution in [0.2, 0.25) is 0 Å². The molecule has 2 aliphatic carbocycles. The summed E-state index contributed by atoms with van der Waals surface area (Å²) in [7, 11) is 1.96. The molecule has 0 saturated heterocycles. The molecule has 274 valence electrons. The Hall–Kier alpha value is -4.64. The van der Waals surface area contributed by atoms with E-state index in [1.54, 1.807) is 24.3 Å². The first-order chi connectivity index (χ1) is 24.8. The van der Waals surface area contributed by atoms with Crippen LogP contribution in [0.4, 0.5) is 26.3 Å². The minimum Gasteiger partial charge on any atom is -0.346 e. The van der Waals surface area contributed by atoms with E-state index in [1.807, 2.05) is 79.8 Å². The third-order valence-corrected chi connectivity index (χ3v) is 10.5. The van der Waals surface area contributed by atoms with E-state index in [-0.39, 0.29) is 0 Å². The van der Waals surface area contributed by atoms with E-state index < -0.39 is 48.1 Å². The summed E-state index contributed by atoms with van der Waals surface area (Å²) >= 11 is 0. The van der Waals surface area contributed by atoms with Crippen LogP contribution in [0.5, 0.6) is 0 Å². The summed E-state index contributed by atoms with van der Waals surface area (Å²) in [6.45, 7) is -1.51. The molecule has 0 heterocycles. The van der Waals surface area contributed by atoms with Crippen LogP contribution in [0.3, 0.4) is 0 Å². The zero-order valence-corrected chi connectivity index (χ0v) is 28.8. The summed E-state index contributed by atoms with van der Waals surface area (Å²) < 4.78 is 79.3. The third-order valence-electron chi connectivity index (χ3n) is 10.5. The first-order valence-electron chi connectivity index (χ1n) is 17.6. The van der Waals surface area contributed by atoms with Gasteiger partial charge in [0.25, 0.3) is 0 Å². The lowest BCUT2D eigenvalue weighted by Gasteiger charge is -2.32. The summed E-state index contributed by atoms with van der Waals surface area (Å²) in [5, 5.41) is 4.35. The van der Waals surface area contributed by atoms with Gasteiger partial charge in [-0.2, -0.15) is 26.3 Å². The molecule has 5 nitrogen and oxygen atoms in total. The van der Waals surface area contributed by atoms with Crippen LogP contribution < -0.4 is 10.6 Å². The number of carbonyl (C=O) groups excluding carboxylic acids is 2. The highest BCUT2D eigenvalue weighted by molar-refractivity contribution is 6.01. The second kappa shape index (κ2) is 14.8. The molecule has 6 rings (SSSR count). The third kappa shape index (κ3) is 7.20. The van der Waals surface area contributed by atoms with Crippen molar-refractivity contribution in [1.82, 2.24) is 15.5 Å². The predicted molar refractivity (Wildman–Crippen MR) is 189 cm³/mol. The second-order valence-corrected chi connectivity index (χ2v) is 13.8. The average molecular weight is 722 g/mol. The van der Waals surface area contributed by atoms with Crippen molar-refractivity contribution >= 4 is 11.8 Å². The number of benzene rings is 4. The molecule has 4 aromatic carbocycles. The summed E-state index contributed by atoms with van der Waals surface area (Å²) in [6.07, 6.45) is -5.94. The number of amides is 2. The molecule has 0 aliphatic heterocycles. The molecule has 0 unspecified atom stereocenters. The fraction of sp³-hybridized carbons (Fsp3) is 0.366. The van der Waals surface area contributed by atoms with Crippen LogP contribution in [0.25, 0.3) is 22.3 Å². The standard InChI is InChI=1S/C41H41F6N3O2/c1-50(24-12-10-22-38(36(51)48-26-40(42,43)44)32-18-6-2-14-28(32)29-15-3-7-19-33(29)38)25-13-11-23-39(37(52)49-27-41(45,46)47)34-20-8-4-16-30(34)31-17-5-9-21-35(31)39/h2-9,14-21H,10-13,22-27H2,1H3,(H,48,51)(H,49,52). The van der Waals surface area contributed by atoms with Crippen molar-refractivity contribution in [2.75, 3.05) is 33.2 Å². The minimum atomic E-state index is -4.55. The molecular weight excluding hydrogens is 680 g/mol. The van der Waals surface area contributed by atoms with Gasteiger partial charge in [0.05, 0.1) is 0 Å². The van der Waals surface area contributed by atoms with Gasteiger partial charge in [0, 0.05) is 0 Å². The molecule has 0 aromatic heterocycles. The highest BCUT2D eigenvalue weighted by Gasteiger charge is 2.50. The number of nitrogens with one attached hydrogen (secondary N) is 2. The number of fused-ring (bicyclic) bond motifs is 6. The average Bonchev–Trinajstić information content (AvgIpc) is 3.58. The van der Waals surface area contributed by atoms with Gasteiger partial charge in [0.1, 0.15) is 23.9 Å². The molecule has 2 amide bonds. The SMILES string of the molecule is CN(CCCCC1(C(=O)NCC(F)(F)F)c2ccccc2-c2ccccc21)CCCCC1(C(=O)NCC(F)(F)F)c2ccccc2-c2ccccc21. The summed E-state index contributed by atoms with van der Waals surface area (Å²) in [6, 6.07) is 29.5. The molecule has 52 heavy (non-hydrogen) atoms. The van der Waals surface area contributed by atoms with Crippen molar-refractivity contribution in [2.24, 2.45) is 0 Å². The van der Waals surface area contributed by atoms with Crippen LogP contribution in [0.15, 0.2) is 97.1 Å². The van der Waals surface area contributed by atoms with Crippen LogP contribution in [0.1, 0.15) is 60.8 Å². The smallest absolute Gasteiger partial charge is 0.346 e. The van der Waals surface area contributed by atoms with Crippen LogP contribution in [-0.2, 0) is 20.4 Å². The summed E-state index contributed by atoms with van der Waals surface area (Å²) in [4.78, 5) is 29.7. The lowest BCUT2D eigenvalue weighted by atomic mass is 9.73. The molecule has 2 N–H and O–H groups in total. The maximum atomic E-state index is 13.8. The van der Waals surface area contributed by atoms with Gasteiger partial charge in [0.15, 0.2) is 0 Å².